The number of hydrogen-bond donors (Lipinski definition) is 1. The van der Waals surface area contributed by atoms with Crippen molar-refractivity contribution < 1.29 is 18.3 Å². The average molecular weight is 419 g/mol. The molecule has 1 fully saturated rings. The van der Waals surface area contributed by atoms with Crippen LogP contribution in [0.5, 0.6) is 0 Å². The molecule has 1 amide bonds. The lowest BCUT2D eigenvalue weighted by Crippen LogP contribution is -2.35. The molecule has 0 aliphatic carbocycles. The van der Waals surface area contributed by atoms with Gasteiger partial charge in [0.05, 0.1) is 0 Å². The van der Waals surface area contributed by atoms with E-state index in [0.29, 0.717) is 51.3 Å². The van der Waals surface area contributed by atoms with Gasteiger partial charge in [-0.3, -0.25) is 9.69 Å². The normalized spacial score (nSPS) is 18.1. The second-order valence-corrected chi connectivity index (χ2v) is 7.87. The molecule has 1 saturated heterocycles. The fourth-order valence-electron chi connectivity index (χ4n) is 4.06. The summed E-state index contributed by atoms with van der Waals surface area (Å²) < 4.78 is 34.5. The van der Waals surface area contributed by atoms with Crippen LogP contribution in [-0.2, 0) is 35.5 Å². The Balaban J connectivity index is 1.29. The number of nitrogens with one attached hydrogen (secondary N) is 1. The Labute approximate surface area is 174 Å². The highest BCUT2D eigenvalue weighted by atomic mass is 19.1. The molecule has 1 aromatic carbocycles. The maximum Gasteiger partial charge on any atom is 0.223 e. The highest BCUT2D eigenvalue weighted by Gasteiger charge is 2.22. The van der Waals surface area contributed by atoms with Crippen molar-refractivity contribution in [3.8, 4) is 0 Å². The van der Waals surface area contributed by atoms with Crippen molar-refractivity contribution in [3.63, 3.8) is 0 Å². The fraction of sp³-hybridized carbons (Fsp3) is 0.571. The molecular formula is C21H27F2N5O2. The lowest BCUT2D eigenvalue weighted by Gasteiger charge is -2.21. The van der Waals surface area contributed by atoms with Gasteiger partial charge in [0, 0.05) is 76.3 Å². The van der Waals surface area contributed by atoms with Crippen LogP contribution in [0, 0.1) is 17.6 Å². The molecule has 1 N–H and O–H groups in total. The second-order valence-electron chi connectivity index (χ2n) is 7.87. The summed E-state index contributed by atoms with van der Waals surface area (Å²) in [5.74, 6) is 0.803. The van der Waals surface area contributed by atoms with E-state index < -0.39 is 11.6 Å². The molecule has 162 valence electrons. The summed E-state index contributed by atoms with van der Waals surface area (Å²) in [5, 5.41) is 11.6. The zero-order chi connectivity index (χ0) is 20.9. The minimum atomic E-state index is -0.563. The van der Waals surface area contributed by atoms with Crippen molar-refractivity contribution in [1.29, 1.82) is 0 Å². The third-order valence-corrected chi connectivity index (χ3v) is 5.84. The minimum Gasteiger partial charge on any atom is -0.381 e. The number of benzene rings is 1. The summed E-state index contributed by atoms with van der Waals surface area (Å²) in [6.07, 6.45) is 2.88. The summed E-state index contributed by atoms with van der Waals surface area (Å²) >= 11 is 0. The standard InChI is InChI=1S/C21H27F2N5O2/c22-17-2-1-16(18(23)13-17)14-27-8-4-20-26-25-19(28(20)10-9-27)3-7-24-21(29)15-5-11-30-12-6-15/h1-2,13,15H,3-12,14H2,(H,24,29). The molecule has 0 saturated carbocycles. The molecule has 0 spiro atoms. The number of carbonyl (C=O) groups excluding carboxylic acids is 1. The largest absolute Gasteiger partial charge is 0.381 e. The molecule has 30 heavy (non-hydrogen) atoms. The molecule has 0 unspecified atom stereocenters. The highest BCUT2D eigenvalue weighted by Crippen LogP contribution is 2.16. The first-order chi connectivity index (χ1) is 14.6. The zero-order valence-corrected chi connectivity index (χ0v) is 16.9. The first-order valence-corrected chi connectivity index (χ1v) is 10.5. The molecule has 2 aromatic rings. The maximum absolute atomic E-state index is 14.0. The van der Waals surface area contributed by atoms with E-state index in [0.717, 1.165) is 43.6 Å². The molecule has 0 bridgehead atoms. The number of amides is 1. The van der Waals surface area contributed by atoms with E-state index in [1.165, 1.54) is 12.1 Å². The Morgan fingerprint density at radius 2 is 2.00 bits per heavy atom. The summed E-state index contributed by atoms with van der Waals surface area (Å²) in [7, 11) is 0. The van der Waals surface area contributed by atoms with Crippen molar-refractivity contribution in [3.05, 3.63) is 47.0 Å². The van der Waals surface area contributed by atoms with Crippen LogP contribution in [0.2, 0.25) is 0 Å². The van der Waals surface area contributed by atoms with E-state index in [4.69, 9.17) is 4.74 Å². The van der Waals surface area contributed by atoms with Crippen LogP contribution in [0.25, 0.3) is 0 Å². The number of fused-ring (bicyclic) bond motifs is 1. The van der Waals surface area contributed by atoms with Crippen molar-refractivity contribution in [2.45, 2.75) is 38.8 Å². The zero-order valence-electron chi connectivity index (χ0n) is 16.9. The summed E-state index contributed by atoms with van der Waals surface area (Å²) in [6, 6.07) is 3.72. The fourth-order valence-corrected chi connectivity index (χ4v) is 4.06. The van der Waals surface area contributed by atoms with Crippen molar-refractivity contribution >= 4 is 5.91 Å². The summed E-state index contributed by atoms with van der Waals surface area (Å²) in [4.78, 5) is 14.4. The molecule has 2 aliphatic heterocycles. The van der Waals surface area contributed by atoms with Gasteiger partial charge < -0.3 is 14.6 Å². The van der Waals surface area contributed by atoms with Gasteiger partial charge in [-0.1, -0.05) is 6.07 Å². The topological polar surface area (TPSA) is 72.3 Å². The molecule has 0 atom stereocenters. The van der Waals surface area contributed by atoms with Crippen LogP contribution in [0.15, 0.2) is 18.2 Å². The van der Waals surface area contributed by atoms with Crippen molar-refractivity contribution in [1.82, 2.24) is 25.0 Å². The number of hydrogen-bond acceptors (Lipinski definition) is 5. The van der Waals surface area contributed by atoms with Gasteiger partial charge in [0.2, 0.25) is 5.91 Å². The van der Waals surface area contributed by atoms with E-state index in [2.05, 4.69) is 25.0 Å². The molecule has 0 radical (unpaired) electrons. The van der Waals surface area contributed by atoms with Crippen LogP contribution < -0.4 is 5.32 Å². The molecule has 9 heteroatoms. The van der Waals surface area contributed by atoms with E-state index in [1.54, 1.807) is 0 Å². The van der Waals surface area contributed by atoms with Crippen LogP contribution in [-0.4, -0.2) is 58.4 Å². The molecule has 1 aromatic heterocycles. The van der Waals surface area contributed by atoms with Gasteiger partial charge >= 0.3 is 0 Å². The van der Waals surface area contributed by atoms with Crippen molar-refractivity contribution in [2.24, 2.45) is 5.92 Å². The van der Waals surface area contributed by atoms with Gasteiger partial charge in [-0.2, -0.15) is 0 Å². The smallest absolute Gasteiger partial charge is 0.223 e. The minimum absolute atomic E-state index is 0.0367. The number of carbonyl (C=O) groups is 1. The number of halogens is 2. The first-order valence-electron chi connectivity index (χ1n) is 10.5. The number of ether oxygens (including phenoxy) is 1. The van der Waals surface area contributed by atoms with E-state index in [1.807, 2.05) is 0 Å². The van der Waals surface area contributed by atoms with Crippen LogP contribution in [0.3, 0.4) is 0 Å². The maximum atomic E-state index is 14.0. The molecule has 4 rings (SSSR count). The van der Waals surface area contributed by atoms with Gasteiger partial charge in [0.15, 0.2) is 0 Å². The Hall–Kier alpha value is -2.39. The lowest BCUT2D eigenvalue weighted by molar-refractivity contribution is -0.127. The third-order valence-electron chi connectivity index (χ3n) is 5.84. The van der Waals surface area contributed by atoms with Gasteiger partial charge in [0.1, 0.15) is 23.3 Å². The van der Waals surface area contributed by atoms with Gasteiger partial charge in [-0.05, 0) is 18.9 Å². The summed E-state index contributed by atoms with van der Waals surface area (Å²) in [6.45, 7) is 4.41. The molecule has 2 aliphatic rings. The first kappa shape index (κ1) is 20.9. The SMILES string of the molecule is O=C(NCCc1nnc2n1CCN(Cc1ccc(F)cc1F)CC2)C1CCOCC1. The Morgan fingerprint density at radius 3 is 2.80 bits per heavy atom. The predicted molar refractivity (Wildman–Crippen MR) is 106 cm³/mol. The number of rotatable bonds is 6. The predicted octanol–water partition coefficient (Wildman–Crippen LogP) is 1.70. The van der Waals surface area contributed by atoms with Crippen LogP contribution >= 0.6 is 0 Å². The summed E-state index contributed by atoms with van der Waals surface area (Å²) in [5.41, 5.74) is 0.491. The van der Waals surface area contributed by atoms with Crippen molar-refractivity contribution in [2.75, 3.05) is 32.8 Å². The number of aromatic nitrogens is 3. The Bertz CT molecular complexity index is 882. The van der Waals surface area contributed by atoms with Gasteiger partial charge in [-0.15, -0.1) is 10.2 Å². The van der Waals surface area contributed by atoms with Crippen LogP contribution in [0.1, 0.15) is 30.1 Å². The number of nitrogens with zero attached hydrogens (tertiary/aromatic N) is 4. The van der Waals surface area contributed by atoms with E-state index in [-0.39, 0.29) is 11.8 Å². The van der Waals surface area contributed by atoms with E-state index >= 15 is 0 Å². The quantitative estimate of drug-likeness (QED) is 0.772. The van der Waals surface area contributed by atoms with Crippen LogP contribution in [0.4, 0.5) is 8.78 Å². The highest BCUT2D eigenvalue weighted by molar-refractivity contribution is 5.78. The van der Waals surface area contributed by atoms with E-state index in [9.17, 15) is 13.6 Å². The molecule has 3 heterocycles. The van der Waals surface area contributed by atoms with Gasteiger partial charge in [0.25, 0.3) is 0 Å². The van der Waals surface area contributed by atoms with Gasteiger partial charge in [-0.25, -0.2) is 8.78 Å². The Kier molecular flexibility index (Phi) is 6.69. The third kappa shape index (κ3) is 5.02. The molecule has 7 nitrogen and oxygen atoms in total. The lowest BCUT2D eigenvalue weighted by atomic mass is 9.99. The monoisotopic (exact) mass is 419 g/mol. The average Bonchev–Trinajstić information content (AvgIpc) is 3.02. The second kappa shape index (κ2) is 9.61. The Morgan fingerprint density at radius 1 is 1.17 bits per heavy atom. The molecular weight excluding hydrogens is 392 g/mol.